The van der Waals surface area contributed by atoms with Crippen LogP contribution in [0.3, 0.4) is 0 Å². The van der Waals surface area contributed by atoms with E-state index < -0.39 is 12.0 Å². The van der Waals surface area contributed by atoms with E-state index in [1.54, 1.807) is 30.3 Å². The highest BCUT2D eigenvalue weighted by molar-refractivity contribution is 5.84. The number of carboxylic acid groups (broad SMARTS) is 1. The minimum atomic E-state index is -1.09. The summed E-state index contributed by atoms with van der Waals surface area (Å²) in [6.45, 7) is 0.201. The largest absolute Gasteiger partial charge is 0.479 e. The van der Waals surface area contributed by atoms with Crippen molar-refractivity contribution < 1.29 is 14.7 Å². The van der Waals surface area contributed by atoms with Crippen molar-refractivity contribution in [2.45, 2.75) is 12.5 Å². The highest BCUT2D eigenvalue weighted by Gasteiger charge is 2.20. The molecule has 0 aliphatic carbocycles. The van der Waals surface area contributed by atoms with Crippen molar-refractivity contribution in [3.8, 4) is 0 Å². The number of benzene rings is 1. The molecule has 0 saturated heterocycles. The lowest BCUT2D eigenvalue weighted by atomic mass is 10.1. The zero-order valence-electron chi connectivity index (χ0n) is 8.72. The summed E-state index contributed by atoms with van der Waals surface area (Å²) in [7, 11) is 0. The van der Waals surface area contributed by atoms with Gasteiger partial charge < -0.3 is 16.2 Å². The summed E-state index contributed by atoms with van der Waals surface area (Å²) in [6.07, 6.45) is 0.122. The first-order chi connectivity index (χ1) is 7.65. The summed E-state index contributed by atoms with van der Waals surface area (Å²) in [5.41, 5.74) is 5.75. The van der Waals surface area contributed by atoms with Gasteiger partial charge in [-0.1, -0.05) is 30.3 Å². The molecule has 0 bridgehead atoms. The second-order valence-electron chi connectivity index (χ2n) is 3.29. The summed E-state index contributed by atoms with van der Waals surface area (Å²) in [4.78, 5) is 22.3. The van der Waals surface area contributed by atoms with Crippen LogP contribution in [0.5, 0.6) is 0 Å². The fourth-order valence-corrected chi connectivity index (χ4v) is 1.30. The van der Waals surface area contributed by atoms with Crippen LogP contribution in [-0.4, -0.2) is 23.5 Å². The van der Waals surface area contributed by atoms with Gasteiger partial charge in [0.15, 0.2) is 6.04 Å². The van der Waals surface area contributed by atoms with Gasteiger partial charge in [-0.25, -0.2) is 4.79 Å². The molecule has 5 nitrogen and oxygen atoms in total. The lowest BCUT2D eigenvalue weighted by molar-refractivity contribution is -0.142. The van der Waals surface area contributed by atoms with E-state index in [9.17, 15) is 9.59 Å². The Kier molecular flexibility index (Phi) is 4.47. The maximum Gasteiger partial charge on any atom is 0.330 e. The molecule has 0 heterocycles. The average Bonchev–Trinajstić information content (AvgIpc) is 2.27. The second kappa shape index (κ2) is 5.87. The third-order valence-corrected chi connectivity index (χ3v) is 2.06. The van der Waals surface area contributed by atoms with Crippen LogP contribution in [0.25, 0.3) is 0 Å². The molecule has 86 valence electrons. The van der Waals surface area contributed by atoms with E-state index in [-0.39, 0.29) is 18.9 Å². The predicted octanol–water partition coefficient (Wildman–Crippen LogP) is 0.277. The van der Waals surface area contributed by atoms with E-state index in [1.807, 2.05) is 0 Å². The first kappa shape index (κ1) is 12.2. The van der Waals surface area contributed by atoms with Crippen LogP contribution in [0.4, 0.5) is 0 Å². The number of hydrogen-bond donors (Lipinski definition) is 3. The predicted molar refractivity (Wildman–Crippen MR) is 58.6 cm³/mol. The number of aliphatic carboxylic acids is 1. The van der Waals surface area contributed by atoms with Crippen LogP contribution in [0, 0.1) is 0 Å². The summed E-state index contributed by atoms with van der Waals surface area (Å²) in [5, 5.41) is 11.4. The molecule has 0 aromatic heterocycles. The van der Waals surface area contributed by atoms with Crippen LogP contribution < -0.4 is 11.1 Å². The Labute approximate surface area is 93.3 Å². The molecular weight excluding hydrogens is 208 g/mol. The Morgan fingerprint density at radius 3 is 2.44 bits per heavy atom. The summed E-state index contributed by atoms with van der Waals surface area (Å²) in [6, 6.07) is 7.52. The first-order valence-electron chi connectivity index (χ1n) is 4.92. The standard InChI is InChI=1S/C11H14N2O3/c12-7-6-9(14)13-10(11(15)16)8-4-2-1-3-5-8/h1-5,10H,6-7,12H2,(H,13,14)(H,15,16). The number of carbonyl (C=O) groups excluding carboxylic acids is 1. The van der Waals surface area contributed by atoms with Crippen LogP contribution in [0.1, 0.15) is 18.0 Å². The van der Waals surface area contributed by atoms with Crippen molar-refractivity contribution in [3.05, 3.63) is 35.9 Å². The van der Waals surface area contributed by atoms with E-state index in [1.165, 1.54) is 0 Å². The molecule has 1 amide bonds. The van der Waals surface area contributed by atoms with Gasteiger partial charge >= 0.3 is 5.97 Å². The van der Waals surface area contributed by atoms with Crippen molar-refractivity contribution in [1.82, 2.24) is 5.32 Å². The quantitative estimate of drug-likeness (QED) is 0.667. The molecule has 0 aliphatic heterocycles. The van der Waals surface area contributed by atoms with Gasteiger partial charge in [0.2, 0.25) is 5.91 Å². The molecule has 0 radical (unpaired) electrons. The molecule has 1 aromatic carbocycles. The van der Waals surface area contributed by atoms with Gasteiger partial charge in [-0.3, -0.25) is 4.79 Å². The molecule has 1 aromatic rings. The SMILES string of the molecule is NCCC(=O)NC(C(=O)O)c1ccccc1. The minimum absolute atomic E-state index is 0.122. The molecule has 1 atom stereocenters. The lowest BCUT2D eigenvalue weighted by Crippen LogP contribution is -2.34. The molecule has 0 spiro atoms. The smallest absolute Gasteiger partial charge is 0.330 e. The molecule has 16 heavy (non-hydrogen) atoms. The highest BCUT2D eigenvalue weighted by Crippen LogP contribution is 2.12. The zero-order chi connectivity index (χ0) is 12.0. The number of carboxylic acids is 1. The highest BCUT2D eigenvalue weighted by atomic mass is 16.4. The molecule has 0 aliphatic rings. The minimum Gasteiger partial charge on any atom is -0.479 e. The molecule has 4 N–H and O–H groups in total. The number of hydrogen-bond acceptors (Lipinski definition) is 3. The lowest BCUT2D eigenvalue weighted by Gasteiger charge is -2.14. The fraction of sp³-hybridized carbons (Fsp3) is 0.273. The molecule has 1 rings (SSSR count). The Morgan fingerprint density at radius 2 is 1.94 bits per heavy atom. The third-order valence-electron chi connectivity index (χ3n) is 2.06. The molecule has 5 heteroatoms. The van der Waals surface area contributed by atoms with E-state index in [4.69, 9.17) is 10.8 Å². The van der Waals surface area contributed by atoms with Gasteiger partial charge in [0.1, 0.15) is 0 Å². The number of nitrogens with one attached hydrogen (secondary N) is 1. The number of rotatable bonds is 5. The number of carbonyl (C=O) groups is 2. The normalized spacial score (nSPS) is 11.8. The van der Waals surface area contributed by atoms with E-state index in [2.05, 4.69) is 5.32 Å². The third kappa shape index (κ3) is 3.36. The topological polar surface area (TPSA) is 92.4 Å². The van der Waals surface area contributed by atoms with Gasteiger partial charge in [-0.05, 0) is 5.56 Å². The molecular formula is C11H14N2O3. The van der Waals surface area contributed by atoms with Gasteiger partial charge in [0.25, 0.3) is 0 Å². The molecule has 0 fully saturated rings. The van der Waals surface area contributed by atoms with E-state index in [0.29, 0.717) is 5.56 Å². The maximum absolute atomic E-state index is 11.3. The van der Waals surface area contributed by atoms with Crippen molar-refractivity contribution >= 4 is 11.9 Å². The second-order valence-corrected chi connectivity index (χ2v) is 3.29. The van der Waals surface area contributed by atoms with Crippen LogP contribution in [0.15, 0.2) is 30.3 Å². The maximum atomic E-state index is 11.3. The Bertz CT molecular complexity index is 365. The summed E-state index contributed by atoms with van der Waals surface area (Å²) >= 11 is 0. The van der Waals surface area contributed by atoms with Crippen molar-refractivity contribution in [3.63, 3.8) is 0 Å². The number of nitrogens with two attached hydrogens (primary N) is 1. The number of amides is 1. The Balaban J connectivity index is 2.77. The zero-order valence-corrected chi connectivity index (χ0v) is 8.72. The molecule has 1 unspecified atom stereocenters. The Hall–Kier alpha value is -1.88. The van der Waals surface area contributed by atoms with Gasteiger partial charge in [0.05, 0.1) is 0 Å². The Morgan fingerprint density at radius 1 is 1.31 bits per heavy atom. The van der Waals surface area contributed by atoms with E-state index >= 15 is 0 Å². The first-order valence-corrected chi connectivity index (χ1v) is 4.92. The fourth-order valence-electron chi connectivity index (χ4n) is 1.30. The monoisotopic (exact) mass is 222 g/mol. The average molecular weight is 222 g/mol. The van der Waals surface area contributed by atoms with Gasteiger partial charge in [-0.15, -0.1) is 0 Å². The van der Waals surface area contributed by atoms with Crippen molar-refractivity contribution in [2.24, 2.45) is 5.73 Å². The van der Waals surface area contributed by atoms with Gasteiger partial charge in [0, 0.05) is 13.0 Å². The summed E-state index contributed by atoms with van der Waals surface area (Å²) in [5.74, 6) is -1.45. The van der Waals surface area contributed by atoms with E-state index in [0.717, 1.165) is 0 Å². The molecule has 0 saturated carbocycles. The van der Waals surface area contributed by atoms with Gasteiger partial charge in [-0.2, -0.15) is 0 Å². The van der Waals surface area contributed by atoms with Crippen LogP contribution >= 0.6 is 0 Å². The van der Waals surface area contributed by atoms with Crippen LogP contribution in [-0.2, 0) is 9.59 Å². The summed E-state index contributed by atoms with van der Waals surface area (Å²) < 4.78 is 0. The van der Waals surface area contributed by atoms with Crippen molar-refractivity contribution in [1.29, 1.82) is 0 Å². The van der Waals surface area contributed by atoms with Crippen LogP contribution in [0.2, 0.25) is 0 Å². The van der Waals surface area contributed by atoms with Crippen molar-refractivity contribution in [2.75, 3.05) is 6.54 Å².